The van der Waals surface area contributed by atoms with Crippen LogP contribution in [0.15, 0.2) is 83.8 Å². The third-order valence-electron chi connectivity index (χ3n) is 4.73. The zero-order chi connectivity index (χ0) is 22.3. The molecule has 0 heterocycles. The maximum atomic E-state index is 13.4. The van der Waals surface area contributed by atoms with Gasteiger partial charge in [-0.05, 0) is 61.4 Å². The van der Waals surface area contributed by atoms with Gasteiger partial charge < -0.3 is 10.1 Å². The minimum absolute atomic E-state index is 0.0848. The molecule has 0 aromatic heterocycles. The Kier molecular flexibility index (Phi) is 7.31. The van der Waals surface area contributed by atoms with Crippen LogP contribution in [0.25, 0.3) is 0 Å². The molecule has 0 saturated heterocycles. The first kappa shape index (κ1) is 22.4. The van der Waals surface area contributed by atoms with Gasteiger partial charge in [0, 0.05) is 5.69 Å². The minimum Gasteiger partial charge on any atom is -0.494 e. The summed E-state index contributed by atoms with van der Waals surface area (Å²) in [6.45, 7) is 3.99. The molecule has 0 atom stereocenters. The number of para-hydroxylation sites is 2. The Balaban J connectivity index is 1.90. The molecule has 0 aliphatic carbocycles. The molecule has 0 fully saturated rings. The maximum absolute atomic E-state index is 13.4. The molecule has 0 bridgehead atoms. The summed E-state index contributed by atoms with van der Waals surface area (Å²) in [4.78, 5) is 12.9. The topological polar surface area (TPSA) is 75.7 Å². The number of carbonyl (C=O) groups excluding carboxylic acids is 1. The van der Waals surface area contributed by atoms with E-state index in [4.69, 9.17) is 4.74 Å². The zero-order valence-corrected chi connectivity index (χ0v) is 18.4. The van der Waals surface area contributed by atoms with Gasteiger partial charge in [-0.25, -0.2) is 8.42 Å². The van der Waals surface area contributed by atoms with E-state index in [0.29, 0.717) is 23.7 Å². The molecule has 3 aromatic carbocycles. The second-order valence-corrected chi connectivity index (χ2v) is 8.67. The average molecular weight is 439 g/mol. The first-order valence-electron chi connectivity index (χ1n) is 10.1. The number of hydrogen-bond acceptors (Lipinski definition) is 4. The predicted molar refractivity (Wildman–Crippen MR) is 123 cm³/mol. The maximum Gasteiger partial charge on any atom is 0.264 e. The second-order valence-electron chi connectivity index (χ2n) is 6.81. The number of amides is 1. The van der Waals surface area contributed by atoms with Gasteiger partial charge in [-0.15, -0.1) is 0 Å². The van der Waals surface area contributed by atoms with E-state index in [1.165, 1.54) is 12.1 Å². The van der Waals surface area contributed by atoms with Crippen LogP contribution in [-0.2, 0) is 21.2 Å². The Morgan fingerprint density at radius 3 is 2.19 bits per heavy atom. The Hall–Kier alpha value is -3.32. The standard InChI is InChI=1S/C24H26N2O4S/c1-3-19-10-8-9-13-23(19)25-24(27)18-26(20-11-6-5-7-12-20)31(28,29)22-16-14-21(15-17-22)30-4-2/h5-17H,3-4,18H2,1-2H3,(H,25,27). The molecule has 31 heavy (non-hydrogen) atoms. The van der Waals surface area contributed by atoms with E-state index in [-0.39, 0.29) is 11.4 Å². The summed E-state index contributed by atoms with van der Waals surface area (Å²) in [5.74, 6) is 0.167. The molecule has 3 rings (SSSR count). The molecule has 0 aliphatic rings. The number of benzene rings is 3. The van der Waals surface area contributed by atoms with Crippen molar-refractivity contribution in [3.63, 3.8) is 0 Å². The Labute approximate surface area is 183 Å². The highest BCUT2D eigenvalue weighted by Crippen LogP contribution is 2.25. The van der Waals surface area contributed by atoms with Gasteiger partial charge >= 0.3 is 0 Å². The van der Waals surface area contributed by atoms with E-state index in [1.54, 1.807) is 42.5 Å². The lowest BCUT2D eigenvalue weighted by Gasteiger charge is -2.24. The van der Waals surface area contributed by atoms with Gasteiger partial charge in [0.2, 0.25) is 5.91 Å². The smallest absolute Gasteiger partial charge is 0.264 e. The summed E-state index contributed by atoms with van der Waals surface area (Å²) in [5.41, 5.74) is 2.08. The monoisotopic (exact) mass is 438 g/mol. The number of ether oxygens (including phenoxy) is 1. The van der Waals surface area contributed by atoms with Crippen LogP contribution in [0.2, 0.25) is 0 Å². The Bertz CT molecular complexity index is 1110. The molecule has 0 aliphatic heterocycles. The van der Waals surface area contributed by atoms with Crippen LogP contribution >= 0.6 is 0 Å². The average Bonchev–Trinajstić information content (AvgIpc) is 2.79. The molecule has 0 spiro atoms. The van der Waals surface area contributed by atoms with Crippen molar-refractivity contribution in [2.45, 2.75) is 25.2 Å². The SMILES string of the molecule is CCOc1ccc(S(=O)(=O)N(CC(=O)Nc2ccccc2CC)c2ccccc2)cc1. The lowest BCUT2D eigenvalue weighted by atomic mass is 10.1. The highest BCUT2D eigenvalue weighted by atomic mass is 32.2. The van der Waals surface area contributed by atoms with Crippen LogP contribution < -0.4 is 14.4 Å². The molecule has 162 valence electrons. The molecule has 3 aromatic rings. The normalized spacial score (nSPS) is 11.0. The molecular formula is C24H26N2O4S. The Morgan fingerprint density at radius 1 is 0.903 bits per heavy atom. The Morgan fingerprint density at radius 2 is 1.55 bits per heavy atom. The van der Waals surface area contributed by atoms with Gasteiger partial charge in [-0.2, -0.15) is 0 Å². The molecule has 6 nitrogen and oxygen atoms in total. The number of anilines is 2. The van der Waals surface area contributed by atoms with E-state index in [0.717, 1.165) is 16.3 Å². The van der Waals surface area contributed by atoms with Crippen molar-refractivity contribution in [1.29, 1.82) is 0 Å². The molecule has 1 amide bonds. The number of hydrogen-bond donors (Lipinski definition) is 1. The number of rotatable bonds is 9. The van der Waals surface area contributed by atoms with Crippen LogP contribution in [0.1, 0.15) is 19.4 Å². The van der Waals surface area contributed by atoms with Crippen molar-refractivity contribution >= 4 is 27.3 Å². The van der Waals surface area contributed by atoms with Crippen molar-refractivity contribution < 1.29 is 17.9 Å². The predicted octanol–water partition coefficient (Wildman–Crippen LogP) is 4.48. The number of aryl methyl sites for hydroxylation is 1. The minimum atomic E-state index is -3.97. The number of nitrogens with one attached hydrogen (secondary N) is 1. The van der Waals surface area contributed by atoms with E-state index in [2.05, 4.69) is 5.32 Å². The van der Waals surface area contributed by atoms with Crippen LogP contribution in [0.4, 0.5) is 11.4 Å². The quantitative estimate of drug-likeness (QED) is 0.534. The highest BCUT2D eigenvalue weighted by molar-refractivity contribution is 7.92. The number of carbonyl (C=O) groups is 1. The van der Waals surface area contributed by atoms with Gasteiger partial charge in [0.05, 0.1) is 17.2 Å². The van der Waals surface area contributed by atoms with Gasteiger partial charge in [0.25, 0.3) is 10.0 Å². The van der Waals surface area contributed by atoms with Crippen molar-refractivity contribution in [2.24, 2.45) is 0 Å². The van der Waals surface area contributed by atoms with Crippen LogP contribution in [-0.4, -0.2) is 27.5 Å². The number of nitrogens with zero attached hydrogens (tertiary/aromatic N) is 1. The zero-order valence-electron chi connectivity index (χ0n) is 17.6. The van der Waals surface area contributed by atoms with Gasteiger partial charge in [0.1, 0.15) is 12.3 Å². The van der Waals surface area contributed by atoms with Crippen molar-refractivity contribution in [3.8, 4) is 5.75 Å². The van der Waals surface area contributed by atoms with E-state index >= 15 is 0 Å². The molecule has 7 heteroatoms. The molecule has 0 radical (unpaired) electrons. The summed E-state index contributed by atoms with van der Waals surface area (Å²) < 4.78 is 33.4. The summed E-state index contributed by atoms with van der Waals surface area (Å²) in [6.07, 6.45) is 0.753. The van der Waals surface area contributed by atoms with E-state index in [9.17, 15) is 13.2 Å². The molecular weight excluding hydrogens is 412 g/mol. The second kappa shape index (κ2) is 10.1. The summed E-state index contributed by atoms with van der Waals surface area (Å²) >= 11 is 0. The molecule has 1 N–H and O–H groups in total. The van der Waals surface area contributed by atoms with Crippen molar-refractivity contribution in [2.75, 3.05) is 22.8 Å². The summed E-state index contributed by atoms with van der Waals surface area (Å²) in [6, 6.07) is 22.3. The van der Waals surface area contributed by atoms with E-state index in [1.807, 2.05) is 38.1 Å². The van der Waals surface area contributed by atoms with Gasteiger partial charge in [-0.3, -0.25) is 9.10 Å². The fraction of sp³-hybridized carbons (Fsp3) is 0.208. The lowest BCUT2D eigenvalue weighted by Crippen LogP contribution is -2.38. The lowest BCUT2D eigenvalue weighted by molar-refractivity contribution is -0.114. The third kappa shape index (κ3) is 5.44. The summed E-state index contributed by atoms with van der Waals surface area (Å²) in [7, 11) is -3.97. The van der Waals surface area contributed by atoms with Crippen LogP contribution in [0, 0.1) is 0 Å². The summed E-state index contributed by atoms with van der Waals surface area (Å²) in [5, 5.41) is 2.85. The highest BCUT2D eigenvalue weighted by Gasteiger charge is 2.27. The largest absolute Gasteiger partial charge is 0.494 e. The fourth-order valence-corrected chi connectivity index (χ4v) is 4.60. The molecule has 0 saturated carbocycles. The van der Waals surface area contributed by atoms with Crippen molar-refractivity contribution in [1.82, 2.24) is 0 Å². The molecule has 0 unspecified atom stereocenters. The van der Waals surface area contributed by atoms with Gasteiger partial charge in [0.15, 0.2) is 0 Å². The fourth-order valence-electron chi connectivity index (χ4n) is 3.18. The van der Waals surface area contributed by atoms with Crippen LogP contribution in [0.3, 0.4) is 0 Å². The van der Waals surface area contributed by atoms with Crippen LogP contribution in [0.5, 0.6) is 5.75 Å². The first-order chi connectivity index (χ1) is 15.0. The van der Waals surface area contributed by atoms with E-state index < -0.39 is 15.9 Å². The van der Waals surface area contributed by atoms with Gasteiger partial charge in [-0.1, -0.05) is 43.3 Å². The third-order valence-corrected chi connectivity index (χ3v) is 6.51. The number of sulfonamides is 1. The van der Waals surface area contributed by atoms with Crippen molar-refractivity contribution in [3.05, 3.63) is 84.4 Å². The first-order valence-corrected chi connectivity index (χ1v) is 11.6.